The topological polar surface area (TPSA) is 57.5 Å². The fraction of sp³-hybridized carbons (Fsp3) is 0.950. The molecule has 0 aliphatic carbocycles. The zero-order valence-corrected chi connectivity index (χ0v) is 16.4. The molecule has 140 valence electrons. The predicted molar refractivity (Wildman–Crippen MR) is 99.8 cm³/mol. The second-order valence-corrected chi connectivity index (χ2v) is 7.01. The first-order valence-electron chi connectivity index (χ1n) is 9.73. The highest BCUT2D eigenvalue weighted by Crippen LogP contribution is 2.29. The number of carbonyl (C=O) groups is 1. The Labute approximate surface area is 144 Å². The molecule has 0 aliphatic rings. The van der Waals surface area contributed by atoms with Crippen molar-refractivity contribution in [2.24, 2.45) is 5.41 Å². The smallest absolute Gasteiger partial charge is 0.303 e. The van der Waals surface area contributed by atoms with Gasteiger partial charge in [0.1, 0.15) is 0 Å². The van der Waals surface area contributed by atoms with Crippen molar-refractivity contribution >= 4 is 5.97 Å². The van der Waals surface area contributed by atoms with Crippen molar-refractivity contribution in [3.63, 3.8) is 0 Å². The summed E-state index contributed by atoms with van der Waals surface area (Å²) in [5.41, 5.74) is 0.139. The van der Waals surface area contributed by atoms with E-state index in [9.17, 15) is 9.90 Å². The Bertz CT molecular complexity index is 258. The standard InChI is InChI=1S/C12H24O2.C8H18O/c1-2-3-4-5-6-7-8-9-10-11-12(13)14;1-5-8(4,6-2)7(3)9/h2-11H2,1H3,(H,13,14);7,9H,5-6H2,1-4H3. The Balaban J connectivity index is 0. The van der Waals surface area contributed by atoms with Gasteiger partial charge in [-0.25, -0.2) is 0 Å². The zero-order chi connectivity index (χ0) is 18.1. The van der Waals surface area contributed by atoms with Crippen LogP contribution in [0.2, 0.25) is 0 Å². The molecule has 2 N–H and O–H groups in total. The lowest BCUT2D eigenvalue weighted by molar-refractivity contribution is -0.137. The molecule has 23 heavy (non-hydrogen) atoms. The SMILES string of the molecule is CCC(C)(CC)C(C)O.CCCCCCCCCCCC(=O)O. The van der Waals surface area contributed by atoms with Gasteiger partial charge in [0.2, 0.25) is 0 Å². The molecule has 0 rings (SSSR count). The maximum atomic E-state index is 10.2. The van der Waals surface area contributed by atoms with Crippen LogP contribution in [0.5, 0.6) is 0 Å². The third-order valence-electron chi connectivity index (χ3n) is 5.12. The number of hydrogen-bond acceptors (Lipinski definition) is 2. The molecule has 1 atom stereocenters. The van der Waals surface area contributed by atoms with Gasteiger partial charge in [0.15, 0.2) is 0 Å². The van der Waals surface area contributed by atoms with Crippen LogP contribution in [0.3, 0.4) is 0 Å². The minimum Gasteiger partial charge on any atom is -0.481 e. The van der Waals surface area contributed by atoms with Crippen LogP contribution in [0.15, 0.2) is 0 Å². The number of aliphatic carboxylic acids is 1. The molecule has 3 nitrogen and oxygen atoms in total. The molecule has 0 spiro atoms. The summed E-state index contributed by atoms with van der Waals surface area (Å²) < 4.78 is 0. The largest absolute Gasteiger partial charge is 0.481 e. The molecule has 0 saturated carbocycles. The van der Waals surface area contributed by atoms with E-state index < -0.39 is 5.97 Å². The third kappa shape index (κ3) is 16.1. The Morgan fingerprint density at radius 3 is 1.52 bits per heavy atom. The highest BCUT2D eigenvalue weighted by Gasteiger charge is 2.24. The van der Waals surface area contributed by atoms with Crippen LogP contribution >= 0.6 is 0 Å². The summed E-state index contributed by atoms with van der Waals surface area (Å²) in [6.45, 7) is 10.5. The summed E-state index contributed by atoms with van der Waals surface area (Å²) in [4.78, 5) is 10.2. The number of carboxylic acids is 1. The first-order valence-corrected chi connectivity index (χ1v) is 9.73. The molecular weight excluding hydrogens is 288 g/mol. The Hall–Kier alpha value is -0.570. The molecule has 1 unspecified atom stereocenters. The summed E-state index contributed by atoms with van der Waals surface area (Å²) in [5.74, 6) is -0.659. The van der Waals surface area contributed by atoms with Crippen molar-refractivity contribution in [2.45, 2.75) is 118 Å². The molecule has 3 heteroatoms. The minimum atomic E-state index is -0.659. The Morgan fingerprint density at radius 2 is 1.26 bits per heavy atom. The van der Waals surface area contributed by atoms with Crippen LogP contribution < -0.4 is 0 Å². The quantitative estimate of drug-likeness (QED) is 0.396. The maximum absolute atomic E-state index is 10.2. The number of hydrogen-bond donors (Lipinski definition) is 2. The molecule has 0 saturated heterocycles. The van der Waals surface area contributed by atoms with Crippen molar-refractivity contribution in [1.82, 2.24) is 0 Å². The number of carboxylic acid groups (broad SMARTS) is 1. The van der Waals surface area contributed by atoms with Crippen molar-refractivity contribution in [3.8, 4) is 0 Å². The van der Waals surface area contributed by atoms with Gasteiger partial charge in [-0.1, -0.05) is 79.1 Å². The molecular formula is C20H42O3. The maximum Gasteiger partial charge on any atom is 0.303 e. The van der Waals surface area contributed by atoms with E-state index in [0.29, 0.717) is 6.42 Å². The monoisotopic (exact) mass is 330 g/mol. The fourth-order valence-corrected chi connectivity index (χ4v) is 2.43. The highest BCUT2D eigenvalue weighted by atomic mass is 16.4. The van der Waals surface area contributed by atoms with Crippen molar-refractivity contribution in [3.05, 3.63) is 0 Å². The van der Waals surface area contributed by atoms with E-state index in [1.165, 1.54) is 44.9 Å². The molecule has 0 fully saturated rings. The lowest BCUT2D eigenvalue weighted by atomic mass is 9.80. The normalized spacial score (nSPS) is 12.4. The number of aliphatic hydroxyl groups is 1. The van der Waals surface area contributed by atoms with E-state index in [0.717, 1.165) is 25.7 Å². The predicted octanol–water partition coefficient (Wildman–Crippen LogP) is 6.19. The van der Waals surface area contributed by atoms with Crippen LogP contribution in [0, 0.1) is 5.41 Å². The summed E-state index contributed by atoms with van der Waals surface area (Å²) >= 11 is 0. The lowest BCUT2D eigenvalue weighted by Gasteiger charge is -2.29. The molecule has 0 radical (unpaired) electrons. The van der Waals surface area contributed by atoms with E-state index in [4.69, 9.17) is 5.11 Å². The van der Waals surface area contributed by atoms with Crippen LogP contribution in [0.4, 0.5) is 0 Å². The average Bonchev–Trinajstić information content (AvgIpc) is 2.52. The summed E-state index contributed by atoms with van der Waals surface area (Å²) in [6, 6.07) is 0. The fourth-order valence-electron chi connectivity index (χ4n) is 2.43. The first-order chi connectivity index (χ1) is 10.8. The van der Waals surface area contributed by atoms with Gasteiger partial charge in [-0.15, -0.1) is 0 Å². The molecule has 0 bridgehead atoms. The van der Waals surface area contributed by atoms with Crippen LogP contribution in [-0.2, 0) is 4.79 Å². The van der Waals surface area contributed by atoms with Crippen LogP contribution in [-0.4, -0.2) is 22.3 Å². The van der Waals surface area contributed by atoms with Gasteiger partial charge in [-0.2, -0.15) is 0 Å². The van der Waals surface area contributed by atoms with Gasteiger partial charge in [0, 0.05) is 6.42 Å². The summed E-state index contributed by atoms with van der Waals surface area (Å²) in [7, 11) is 0. The molecule has 0 amide bonds. The van der Waals surface area contributed by atoms with Gasteiger partial charge < -0.3 is 10.2 Å². The van der Waals surface area contributed by atoms with Crippen molar-refractivity contribution in [2.75, 3.05) is 0 Å². The lowest BCUT2D eigenvalue weighted by Crippen LogP contribution is -2.27. The molecule has 0 aromatic rings. The number of aliphatic hydroxyl groups excluding tert-OH is 1. The molecule has 0 aromatic carbocycles. The van der Waals surface area contributed by atoms with Crippen LogP contribution in [0.25, 0.3) is 0 Å². The van der Waals surface area contributed by atoms with Gasteiger partial charge in [-0.05, 0) is 31.6 Å². The minimum absolute atomic E-state index is 0.139. The Morgan fingerprint density at radius 1 is 0.870 bits per heavy atom. The van der Waals surface area contributed by atoms with Gasteiger partial charge in [0.25, 0.3) is 0 Å². The van der Waals surface area contributed by atoms with Crippen molar-refractivity contribution < 1.29 is 15.0 Å². The van der Waals surface area contributed by atoms with Gasteiger partial charge in [0.05, 0.1) is 6.10 Å². The highest BCUT2D eigenvalue weighted by molar-refractivity contribution is 5.66. The molecule has 0 heterocycles. The van der Waals surface area contributed by atoms with E-state index in [1.54, 1.807) is 0 Å². The Kier molecular flexibility index (Phi) is 17.5. The van der Waals surface area contributed by atoms with E-state index in [-0.39, 0.29) is 11.5 Å². The van der Waals surface area contributed by atoms with E-state index >= 15 is 0 Å². The second-order valence-electron chi connectivity index (χ2n) is 7.01. The van der Waals surface area contributed by atoms with E-state index in [2.05, 4.69) is 27.7 Å². The van der Waals surface area contributed by atoms with Crippen LogP contribution in [0.1, 0.15) is 112 Å². The second kappa shape index (κ2) is 16.3. The van der Waals surface area contributed by atoms with Gasteiger partial charge >= 0.3 is 5.97 Å². The number of unbranched alkanes of at least 4 members (excludes halogenated alkanes) is 8. The first kappa shape index (κ1) is 24.7. The zero-order valence-electron chi connectivity index (χ0n) is 16.4. The van der Waals surface area contributed by atoms with Gasteiger partial charge in [-0.3, -0.25) is 4.79 Å². The summed E-state index contributed by atoms with van der Waals surface area (Å²) in [6.07, 6.45) is 13.4. The molecule has 0 aliphatic heterocycles. The van der Waals surface area contributed by atoms with E-state index in [1.807, 2.05) is 6.92 Å². The molecule has 0 aromatic heterocycles. The van der Waals surface area contributed by atoms with Crippen molar-refractivity contribution in [1.29, 1.82) is 0 Å². The number of rotatable bonds is 13. The third-order valence-corrected chi connectivity index (χ3v) is 5.12. The summed E-state index contributed by atoms with van der Waals surface area (Å²) in [5, 5.41) is 17.7. The average molecular weight is 331 g/mol.